The summed E-state index contributed by atoms with van der Waals surface area (Å²) in [6, 6.07) is 17.5. The number of rotatable bonds is 6. The summed E-state index contributed by atoms with van der Waals surface area (Å²) in [7, 11) is 0. The number of benzene rings is 2. The molecule has 24 heavy (non-hydrogen) atoms. The van der Waals surface area contributed by atoms with Gasteiger partial charge in [-0.2, -0.15) is 5.10 Å². The molecule has 0 atom stereocenters. The van der Waals surface area contributed by atoms with Crippen LogP contribution in [0.25, 0.3) is 11.1 Å². The lowest BCUT2D eigenvalue weighted by Gasteiger charge is -2.11. The van der Waals surface area contributed by atoms with Crippen LogP contribution in [0.1, 0.15) is 26.7 Å². The van der Waals surface area contributed by atoms with Crippen molar-refractivity contribution in [2.24, 2.45) is 5.10 Å². The van der Waals surface area contributed by atoms with Crippen LogP contribution in [0.3, 0.4) is 0 Å². The third-order valence-corrected chi connectivity index (χ3v) is 3.39. The van der Waals surface area contributed by atoms with Gasteiger partial charge in [0.05, 0.1) is 6.42 Å². The van der Waals surface area contributed by atoms with Crippen LogP contribution in [-0.2, 0) is 9.59 Å². The molecule has 0 radical (unpaired) electrons. The van der Waals surface area contributed by atoms with Crippen molar-refractivity contribution < 1.29 is 9.59 Å². The van der Waals surface area contributed by atoms with Crippen LogP contribution in [-0.4, -0.2) is 17.5 Å². The molecule has 0 fully saturated rings. The predicted molar refractivity (Wildman–Crippen MR) is 96.7 cm³/mol. The SMILES string of the molecule is CCC(=O)N/N=C(/C)CC(=O)Nc1ccccc1-c1ccccc1. The van der Waals surface area contributed by atoms with E-state index in [4.69, 9.17) is 0 Å². The molecule has 0 bridgehead atoms. The van der Waals surface area contributed by atoms with Gasteiger partial charge in [0, 0.05) is 23.4 Å². The Hall–Kier alpha value is -2.95. The van der Waals surface area contributed by atoms with Crippen LogP contribution >= 0.6 is 0 Å². The van der Waals surface area contributed by atoms with Crippen molar-refractivity contribution in [3.05, 3.63) is 54.6 Å². The lowest BCUT2D eigenvalue weighted by molar-refractivity contribution is -0.121. The molecule has 2 aromatic carbocycles. The third-order valence-electron chi connectivity index (χ3n) is 3.39. The predicted octanol–water partition coefficient (Wildman–Crippen LogP) is 3.58. The topological polar surface area (TPSA) is 70.6 Å². The van der Waals surface area contributed by atoms with Gasteiger partial charge in [-0.25, -0.2) is 5.43 Å². The number of hydrazone groups is 1. The van der Waals surface area contributed by atoms with E-state index in [0.717, 1.165) is 16.8 Å². The summed E-state index contributed by atoms with van der Waals surface area (Å²) in [5.41, 5.74) is 5.70. The number of para-hydroxylation sites is 1. The van der Waals surface area contributed by atoms with E-state index in [2.05, 4.69) is 15.8 Å². The molecule has 2 N–H and O–H groups in total. The molecule has 0 aliphatic heterocycles. The van der Waals surface area contributed by atoms with Gasteiger partial charge in [-0.15, -0.1) is 0 Å². The molecular weight excluding hydrogens is 302 g/mol. The van der Waals surface area contributed by atoms with Crippen molar-refractivity contribution in [1.29, 1.82) is 0 Å². The molecular formula is C19H21N3O2. The highest BCUT2D eigenvalue weighted by Gasteiger charge is 2.09. The van der Waals surface area contributed by atoms with E-state index in [0.29, 0.717) is 12.1 Å². The molecule has 2 aromatic rings. The lowest BCUT2D eigenvalue weighted by atomic mass is 10.0. The van der Waals surface area contributed by atoms with Crippen molar-refractivity contribution in [2.75, 3.05) is 5.32 Å². The fraction of sp³-hybridized carbons (Fsp3) is 0.211. The van der Waals surface area contributed by atoms with E-state index >= 15 is 0 Å². The Kier molecular flexibility index (Phi) is 6.25. The smallest absolute Gasteiger partial charge is 0.239 e. The van der Waals surface area contributed by atoms with Gasteiger partial charge in [0.25, 0.3) is 0 Å². The highest BCUT2D eigenvalue weighted by molar-refractivity contribution is 6.07. The number of hydrogen-bond acceptors (Lipinski definition) is 3. The fourth-order valence-corrected chi connectivity index (χ4v) is 2.16. The largest absolute Gasteiger partial charge is 0.325 e. The van der Waals surface area contributed by atoms with E-state index in [1.54, 1.807) is 13.8 Å². The van der Waals surface area contributed by atoms with Crippen LogP contribution in [0.4, 0.5) is 5.69 Å². The number of anilines is 1. The van der Waals surface area contributed by atoms with Gasteiger partial charge >= 0.3 is 0 Å². The third kappa shape index (κ3) is 5.05. The molecule has 2 rings (SSSR count). The first-order chi connectivity index (χ1) is 11.6. The Labute approximate surface area is 141 Å². The van der Waals surface area contributed by atoms with Crippen molar-refractivity contribution in [3.63, 3.8) is 0 Å². The van der Waals surface area contributed by atoms with E-state index in [-0.39, 0.29) is 18.2 Å². The van der Waals surface area contributed by atoms with Gasteiger partial charge in [-0.3, -0.25) is 9.59 Å². The monoisotopic (exact) mass is 323 g/mol. The van der Waals surface area contributed by atoms with Crippen molar-refractivity contribution in [1.82, 2.24) is 5.43 Å². The van der Waals surface area contributed by atoms with E-state index in [9.17, 15) is 9.59 Å². The summed E-state index contributed by atoms with van der Waals surface area (Å²) >= 11 is 0. The molecule has 0 aromatic heterocycles. The zero-order chi connectivity index (χ0) is 17.4. The normalized spacial score (nSPS) is 11.0. The molecule has 124 valence electrons. The molecule has 5 nitrogen and oxygen atoms in total. The molecule has 0 spiro atoms. The Morgan fingerprint density at radius 3 is 2.33 bits per heavy atom. The van der Waals surface area contributed by atoms with Gasteiger partial charge in [-0.1, -0.05) is 55.5 Å². The second-order valence-corrected chi connectivity index (χ2v) is 5.37. The van der Waals surface area contributed by atoms with Crippen molar-refractivity contribution in [3.8, 4) is 11.1 Å². The number of nitrogens with zero attached hydrogens (tertiary/aromatic N) is 1. The lowest BCUT2D eigenvalue weighted by Crippen LogP contribution is -2.20. The van der Waals surface area contributed by atoms with E-state index in [1.165, 1.54) is 0 Å². The van der Waals surface area contributed by atoms with Crippen LogP contribution in [0.2, 0.25) is 0 Å². The summed E-state index contributed by atoms with van der Waals surface area (Å²) in [5.74, 6) is -0.352. The standard InChI is InChI=1S/C19H21N3O2/c1-3-18(23)22-21-14(2)13-19(24)20-17-12-8-7-11-16(17)15-9-5-4-6-10-15/h4-12H,3,13H2,1-2H3,(H,20,24)(H,22,23)/b21-14-. The molecule has 2 amide bonds. The first kappa shape index (κ1) is 17.4. The molecule has 0 saturated heterocycles. The van der Waals surface area contributed by atoms with E-state index < -0.39 is 0 Å². The summed E-state index contributed by atoms with van der Waals surface area (Å²) in [6.07, 6.45) is 0.473. The first-order valence-corrected chi connectivity index (χ1v) is 7.86. The van der Waals surface area contributed by atoms with Gasteiger partial charge < -0.3 is 5.32 Å². The molecule has 5 heteroatoms. The maximum Gasteiger partial charge on any atom is 0.239 e. The van der Waals surface area contributed by atoms with Crippen molar-refractivity contribution >= 4 is 23.2 Å². The summed E-state index contributed by atoms with van der Waals surface area (Å²) in [6.45, 7) is 3.45. The minimum absolute atomic E-state index is 0.118. The van der Waals surface area contributed by atoms with Crippen LogP contribution < -0.4 is 10.7 Å². The van der Waals surface area contributed by atoms with Crippen LogP contribution in [0.5, 0.6) is 0 Å². The number of nitrogens with one attached hydrogen (secondary N) is 2. The number of carbonyl (C=O) groups is 2. The summed E-state index contributed by atoms with van der Waals surface area (Å²) in [5, 5.41) is 6.82. The van der Waals surface area contributed by atoms with Crippen LogP contribution in [0, 0.1) is 0 Å². The quantitative estimate of drug-likeness (QED) is 0.630. The Balaban J connectivity index is 2.06. The average molecular weight is 323 g/mol. The van der Waals surface area contributed by atoms with Crippen LogP contribution in [0.15, 0.2) is 59.7 Å². The Morgan fingerprint density at radius 2 is 1.62 bits per heavy atom. The van der Waals surface area contributed by atoms with Crippen molar-refractivity contribution in [2.45, 2.75) is 26.7 Å². The van der Waals surface area contributed by atoms with Gasteiger partial charge in [0.2, 0.25) is 11.8 Å². The number of hydrogen-bond donors (Lipinski definition) is 2. The van der Waals surface area contributed by atoms with E-state index in [1.807, 2.05) is 54.6 Å². The zero-order valence-corrected chi connectivity index (χ0v) is 13.9. The molecule has 0 aliphatic carbocycles. The molecule has 0 heterocycles. The highest BCUT2D eigenvalue weighted by Crippen LogP contribution is 2.27. The average Bonchev–Trinajstić information content (AvgIpc) is 2.60. The minimum atomic E-state index is -0.177. The van der Waals surface area contributed by atoms with Gasteiger partial charge in [0.1, 0.15) is 0 Å². The second-order valence-electron chi connectivity index (χ2n) is 5.37. The molecule has 0 saturated carbocycles. The minimum Gasteiger partial charge on any atom is -0.325 e. The fourth-order valence-electron chi connectivity index (χ4n) is 2.16. The summed E-state index contributed by atoms with van der Waals surface area (Å²) in [4.78, 5) is 23.4. The van der Waals surface area contributed by atoms with Gasteiger partial charge in [0.15, 0.2) is 0 Å². The second kappa shape index (κ2) is 8.62. The number of carbonyl (C=O) groups excluding carboxylic acids is 2. The highest BCUT2D eigenvalue weighted by atomic mass is 16.2. The maximum atomic E-state index is 12.2. The van der Waals surface area contributed by atoms with Gasteiger partial charge in [-0.05, 0) is 18.6 Å². The Morgan fingerprint density at radius 1 is 0.958 bits per heavy atom. The summed E-state index contributed by atoms with van der Waals surface area (Å²) < 4.78 is 0. The first-order valence-electron chi connectivity index (χ1n) is 7.86. The molecule has 0 aliphatic rings. The number of amides is 2. The zero-order valence-electron chi connectivity index (χ0n) is 13.9. The maximum absolute atomic E-state index is 12.2. The Bertz CT molecular complexity index is 739. The molecule has 0 unspecified atom stereocenters.